The molecule has 2 atom stereocenters. The van der Waals surface area contributed by atoms with Crippen molar-refractivity contribution < 1.29 is 14.7 Å². The summed E-state index contributed by atoms with van der Waals surface area (Å²) in [5, 5.41) is 9.98. The molecule has 1 saturated heterocycles. The van der Waals surface area contributed by atoms with Crippen LogP contribution in [-0.2, 0) is 4.79 Å². The smallest absolute Gasteiger partial charge is 0.308 e. The molecule has 2 aromatic rings. The van der Waals surface area contributed by atoms with Crippen molar-refractivity contribution in [3.8, 4) is 11.1 Å². The van der Waals surface area contributed by atoms with E-state index in [4.69, 9.17) is 11.6 Å². The summed E-state index contributed by atoms with van der Waals surface area (Å²) in [5.41, 5.74) is 2.20. The number of nitrogens with zero attached hydrogens (tertiary/aromatic N) is 2. The maximum atomic E-state index is 12.9. The zero-order valence-electron chi connectivity index (χ0n) is 13.9. The maximum absolute atomic E-state index is 12.9. The van der Waals surface area contributed by atoms with Crippen molar-refractivity contribution in [3.05, 3.63) is 53.3 Å². The van der Waals surface area contributed by atoms with Crippen LogP contribution in [0.4, 0.5) is 0 Å². The number of pyridine rings is 1. The second kappa shape index (κ2) is 7.23. The zero-order chi connectivity index (χ0) is 18.0. The maximum Gasteiger partial charge on any atom is 0.308 e. The van der Waals surface area contributed by atoms with E-state index in [2.05, 4.69) is 4.98 Å². The molecular weight excluding hydrogens is 340 g/mol. The largest absolute Gasteiger partial charge is 0.481 e. The van der Waals surface area contributed by atoms with E-state index in [9.17, 15) is 14.7 Å². The number of likely N-dealkylation sites (tertiary alicyclic amines) is 1. The number of halogens is 1. The molecule has 1 aliphatic heterocycles. The Morgan fingerprint density at radius 1 is 1.20 bits per heavy atom. The number of carboxylic acids is 1. The van der Waals surface area contributed by atoms with Gasteiger partial charge in [0, 0.05) is 35.6 Å². The average molecular weight is 359 g/mol. The van der Waals surface area contributed by atoms with Crippen LogP contribution in [0.3, 0.4) is 0 Å². The normalized spacial score (nSPS) is 20.3. The number of aliphatic carboxylic acids is 1. The lowest BCUT2D eigenvalue weighted by Gasteiger charge is -2.37. The summed E-state index contributed by atoms with van der Waals surface area (Å²) < 4.78 is 0. The van der Waals surface area contributed by atoms with Gasteiger partial charge in [-0.25, -0.2) is 0 Å². The van der Waals surface area contributed by atoms with Crippen molar-refractivity contribution >= 4 is 23.5 Å². The summed E-state index contributed by atoms with van der Waals surface area (Å²) >= 11 is 5.91. The Kier molecular flexibility index (Phi) is 5.04. The lowest BCUT2D eigenvalue weighted by Crippen LogP contribution is -2.49. The van der Waals surface area contributed by atoms with Gasteiger partial charge >= 0.3 is 5.97 Å². The SMILES string of the molecule is C[C@@H]1[C@H](C(=O)O)CCCN1C(=O)c1cncc(-c2ccc(Cl)cc2)c1. The van der Waals surface area contributed by atoms with Crippen molar-refractivity contribution in [2.24, 2.45) is 5.92 Å². The summed E-state index contributed by atoms with van der Waals surface area (Å²) in [6.07, 6.45) is 4.51. The van der Waals surface area contributed by atoms with Gasteiger partial charge in [-0.15, -0.1) is 0 Å². The minimum atomic E-state index is -0.849. The van der Waals surface area contributed by atoms with Gasteiger partial charge in [0.15, 0.2) is 0 Å². The van der Waals surface area contributed by atoms with Gasteiger partial charge in [-0.2, -0.15) is 0 Å². The molecule has 1 fully saturated rings. The molecule has 3 rings (SSSR count). The molecule has 0 bridgehead atoms. The number of carboxylic acid groups (broad SMARTS) is 1. The van der Waals surface area contributed by atoms with Crippen molar-refractivity contribution in [3.63, 3.8) is 0 Å². The highest BCUT2D eigenvalue weighted by Crippen LogP contribution is 2.27. The van der Waals surface area contributed by atoms with E-state index in [-0.39, 0.29) is 11.9 Å². The second-order valence-electron chi connectivity index (χ2n) is 6.30. The number of rotatable bonds is 3. The fourth-order valence-electron chi connectivity index (χ4n) is 3.28. The number of carbonyl (C=O) groups excluding carboxylic acids is 1. The minimum Gasteiger partial charge on any atom is -0.481 e. The summed E-state index contributed by atoms with van der Waals surface area (Å²) in [6, 6.07) is 8.77. The standard InChI is InChI=1S/C19H19ClN2O3/c1-12-17(19(24)25)3-2-8-22(12)18(23)15-9-14(10-21-11-15)13-4-6-16(20)7-5-13/h4-7,9-12,17H,2-3,8H2,1H3,(H,24,25)/t12-,17-/m1/s1. The molecule has 5 nitrogen and oxygen atoms in total. The first-order chi connectivity index (χ1) is 12.0. The van der Waals surface area contributed by atoms with Crippen LogP contribution in [0.2, 0.25) is 5.02 Å². The highest BCUT2D eigenvalue weighted by molar-refractivity contribution is 6.30. The number of benzene rings is 1. The number of amides is 1. The van der Waals surface area contributed by atoms with Crippen molar-refractivity contribution in [2.45, 2.75) is 25.8 Å². The molecule has 1 aromatic heterocycles. The molecule has 0 unspecified atom stereocenters. The predicted octanol–water partition coefficient (Wildman–Crippen LogP) is 3.73. The molecular formula is C19H19ClN2O3. The highest BCUT2D eigenvalue weighted by Gasteiger charge is 2.35. The lowest BCUT2D eigenvalue weighted by atomic mass is 9.90. The number of aromatic nitrogens is 1. The van der Waals surface area contributed by atoms with Gasteiger partial charge in [-0.3, -0.25) is 14.6 Å². The molecule has 0 radical (unpaired) electrons. The van der Waals surface area contributed by atoms with Gasteiger partial charge in [-0.1, -0.05) is 23.7 Å². The number of hydrogen-bond acceptors (Lipinski definition) is 3. The van der Waals surface area contributed by atoms with Crippen molar-refractivity contribution in [1.82, 2.24) is 9.88 Å². The summed E-state index contributed by atoms with van der Waals surface area (Å²) in [4.78, 5) is 30.1. The monoisotopic (exact) mass is 358 g/mol. The fourth-order valence-corrected chi connectivity index (χ4v) is 3.41. The molecule has 1 N–H and O–H groups in total. The highest BCUT2D eigenvalue weighted by atomic mass is 35.5. The van der Waals surface area contributed by atoms with Crippen LogP contribution < -0.4 is 0 Å². The molecule has 0 saturated carbocycles. The van der Waals surface area contributed by atoms with Gasteiger partial charge < -0.3 is 10.0 Å². The van der Waals surface area contributed by atoms with E-state index in [1.807, 2.05) is 12.1 Å². The van der Waals surface area contributed by atoms with Crippen LogP contribution in [0.5, 0.6) is 0 Å². The molecule has 1 aromatic carbocycles. The van der Waals surface area contributed by atoms with E-state index in [1.54, 1.807) is 36.2 Å². The number of hydrogen-bond donors (Lipinski definition) is 1. The Bertz CT molecular complexity index is 792. The van der Waals surface area contributed by atoms with E-state index in [0.29, 0.717) is 30.0 Å². The molecule has 0 aliphatic carbocycles. The molecule has 0 spiro atoms. The van der Waals surface area contributed by atoms with Gasteiger partial charge in [0.2, 0.25) is 0 Å². The fraction of sp³-hybridized carbons (Fsp3) is 0.316. The first-order valence-electron chi connectivity index (χ1n) is 8.22. The third-order valence-corrected chi connectivity index (χ3v) is 4.98. The van der Waals surface area contributed by atoms with Crippen LogP contribution in [0, 0.1) is 5.92 Å². The Morgan fingerprint density at radius 2 is 1.92 bits per heavy atom. The summed E-state index contributed by atoms with van der Waals surface area (Å²) in [5.74, 6) is -1.55. The Labute approximate surface area is 151 Å². The van der Waals surface area contributed by atoms with Crippen LogP contribution in [0.15, 0.2) is 42.7 Å². The van der Waals surface area contributed by atoms with Crippen LogP contribution >= 0.6 is 11.6 Å². The van der Waals surface area contributed by atoms with Crippen LogP contribution in [-0.4, -0.2) is 39.5 Å². The third kappa shape index (κ3) is 3.66. The first-order valence-corrected chi connectivity index (χ1v) is 8.60. The quantitative estimate of drug-likeness (QED) is 0.907. The summed E-state index contributed by atoms with van der Waals surface area (Å²) in [6.45, 7) is 2.36. The van der Waals surface area contributed by atoms with Gasteiger partial charge in [0.25, 0.3) is 5.91 Å². The van der Waals surface area contributed by atoms with E-state index < -0.39 is 11.9 Å². The Hall–Kier alpha value is -2.40. The van der Waals surface area contributed by atoms with E-state index in [1.165, 1.54) is 6.20 Å². The van der Waals surface area contributed by atoms with E-state index in [0.717, 1.165) is 11.1 Å². The molecule has 25 heavy (non-hydrogen) atoms. The molecule has 6 heteroatoms. The van der Waals surface area contributed by atoms with Crippen molar-refractivity contribution in [1.29, 1.82) is 0 Å². The topological polar surface area (TPSA) is 70.5 Å². The second-order valence-corrected chi connectivity index (χ2v) is 6.73. The van der Waals surface area contributed by atoms with Crippen molar-refractivity contribution in [2.75, 3.05) is 6.54 Å². The molecule has 1 aliphatic rings. The number of piperidine rings is 1. The third-order valence-electron chi connectivity index (χ3n) is 4.73. The first kappa shape index (κ1) is 17.4. The van der Waals surface area contributed by atoms with Crippen LogP contribution in [0.25, 0.3) is 11.1 Å². The Balaban J connectivity index is 1.86. The lowest BCUT2D eigenvalue weighted by molar-refractivity contribution is -0.144. The predicted molar refractivity (Wildman–Crippen MR) is 95.5 cm³/mol. The average Bonchev–Trinajstić information content (AvgIpc) is 2.62. The van der Waals surface area contributed by atoms with Gasteiger partial charge in [-0.05, 0) is 43.5 Å². The molecule has 1 amide bonds. The van der Waals surface area contributed by atoms with E-state index >= 15 is 0 Å². The summed E-state index contributed by atoms with van der Waals surface area (Å²) in [7, 11) is 0. The Morgan fingerprint density at radius 3 is 2.60 bits per heavy atom. The molecule has 2 heterocycles. The number of carbonyl (C=O) groups is 2. The van der Waals surface area contributed by atoms with Crippen LogP contribution in [0.1, 0.15) is 30.1 Å². The van der Waals surface area contributed by atoms with Gasteiger partial charge in [0.1, 0.15) is 0 Å². The zero-order valence-corrected chi connectivity index (χ0v) is 14.6. The van der Waals surface area contributed by atoms with Gasteiger partial charge in [0.05, 0.1) is 11.5 Å². The molecule has 130 valence electrons. The minimum absolute atomic E-state index is 0.179.